The Kier molecular flexibility index (Phi) is 12.2. The molecule has 0 aromatic rings. The summed E-state index contributed by atoms with van der Waals surface area (Å²) in [7, 11) is -3.81. The van der Waals surface area contributed by atoms with Gasteiger partial charge in [-0.15, -0.1) is 0 Å². The normalized spacial score (nSPS) is 16.9. The highest BCUT2D eigenvalue weighted by Gasteiger charge is 2.43. The molecule has 5 heteroatoms. The van der Waals surface area contributed by atoms with E-state index in [0.29, 0.717) is 0 Å². The van der Waals surface area contributed by atoms with Gasteiger partial charge in [0.1, 0.15) is 0 Å². The molecule has 0 aliphatic rings. The Morgan fingerprint density at radius 3 is 1.72 bits per heavy atom. The summed E-state index contributed by atoms with van der Waals surface area (Å²) in [4.78, 5) is 0. The highest BCUT2D eigenvalue weighted by molar-refractivity contribution is 6.74. The lowest BCUT2D eigenvalue weighted by Gasteiger charge is -2.44. The van der Waals surface area contributed by atoms with Crippen molar-refractivity contribution >= 4 is 16.6 Å². The van der Waals surface area contributed by atoms with Crippen molar-refractivity contribution in [3.63, 3.8) is 0 Å². The van der Waals surface area contributed by atoms with Gasteiger partial charge < -0.3 is 14.0 Å². The Balaban J connectivity index is 5.81. The maximum Gasteiger partial charge on any atom is 0.192 e. The number of rotatable bonds is 13. The summed E-state index contributed by atoms with van der Waals surface area (Å²) in [5.74, 6) is 0. The van der Waals surface area contributed by atoms with Gasteiger partial charge >= 0.3 is 0 Å². The van der Waals surface area contributed by atoms with Crippen molar-refractivity contribution in [1.82, 2.24) is 0 Å². The Morgan fingerprint density at radius 2 is 1.31 bits per heavy atom. The Bertz CT molecular complexity index is 581. The van der Waals surface area contributed by atoms with Crippen molar-refractivity contribution in [3.8, 4) is 0 Å². The maximum absolute atomic E-state index is 10.2. The topological polar surface area (TPSA) is 38.7 Å². The van der Waals surface area contributed by atoms with E-state index in [1.54, 1.807) is 0 Å². The van der Waals surface area contributed by atoms with E-state index in [4.69, 9.17) is 8.85 Å². The molecule has 0 heterocycles. The van der Waals surface area contributed by atoms with Gasteiger partial charge in [-0.2, -0.15) is 0 Å². The van der Waals surface area contributed by atoms with E-state index in [1.807, 2.05) is 0 Å². The van der Waals surface area contributed by atoms with Crippen LogP contribution < -0.4 is 0 Å². The van der Waals surface area contributed by atoms with Crippen LogP contribution in [0.4, 0.5) is 0 Å². The van der Waals surface area contributed by atoms with Crippen molar-refractivity contribution in [2.45, 2.75) is 150 Å². The zero-order chi connectivity index (χ0) is 25.6. The fourth-order valence-electron chi connectivity index (χ4n) is 3.29. The van der Waals surface area contributed by atoms with Gasteiger partial charge in [0, 0.05) is 11.5 Å². The van der Waals surface area contributed by atoms with Crippen LogP contribution in [0.2, 0.25) is 36.3 Å². The lowest BCUT2D eigenvalue weighted by molar-refractivity contribution is 0.0379. The molecule has 0 spiro atoms. The summed E-state index contributed by atoms with van der Waals surface area (Å²) in [5.41, 5.74) is 0.905. The summed E-state index contributed by atoms with van der Waals surface area (Å²) < 4.78 is 13.7. The molecule has 0 aliphatic carbocycles. The number of hydrogen-bond acceptors (Lipinski definition) is 3. The fourth-order valence-corrected chi connectivity index (χ4v) is 6.14. The van der Waals surface area contributed by atoms with Crippen LogP contribution in [0.5, 0.6) is 0 Å². The monoisotopic (exact) mass is 486 g/mol. The third-order valence-electron chi connectivity index (χ3n) is 7.85. The van der Waals surface area contributed by atoms with Crippen LogP contribution >= 0.6 is 0 Å². The molecule has 0 bridgehead atoms. The molecule has 0 rings (SSSR count). The summed E-state index contributed by atoms with van der Waals surface area (Å²) in [5, 5.41) is 10.5. The van der Waals surface area contributed by atoms with Crippen molar-refractivity contribution in [2.24, 2.45) is 5.41 Å². The second-order valence-electron chi connectivity index (χ2n) is 13.6. The molecule has 3 nitrogen and oxygen atoms in total. The van der Waals surface area contributed by atoms with Gasteiger partial charge in [0.25, 0.3) is 0 Å². The highest BCUT2D eigenvalue weighted by Crippen LogP contribution is 2.42. The molecule has 0 aliphatic heterocycles. The summed E-state index contributed by atoms with van der Waals surface area (Å²) in [6.45, 7) is 31.9. The average molecular weight is 487 g/mol. The SMILES string of the molecule is CCCCC[C@H](C/C=C(\C)[C@@H](O[Si](C)(C)C(C)(C)C)C(C)(C)CO)O[Si](C)(C)C(C)(C)C. The molecule has 1 N–H and O–H groups in total. The summed E-state index contributed by atoms with van der Waals surface area (Å²) in [6, 6.07) is 0. The zero-order valence-electron chi connectivity index (χ0n) is 24.2. The molecule has 32 heavy (non-hydrogen) atoms. The number of hydrogen-bond donors (Lipinski definition) is 1. The van der Waals surface area contributed by atoms with Crippen LogP contribution in [0.15, 0.2) is 11.6 Å². The molecule has 2 atom stereocenters. The first-order valence-corrected chi connectivity index (χ1v) is 18.7. The molecule has 0 radical (unpaired) electrons. The molecule has 0 saturated carbocycles. The number of aliphatic hydroxyl groups is 1. The molecule has 0 amide bonds. The van der Waals surface area contributed by atoms with Gasteiger partial charge in [-0.1, -0.05) is 87.7 Å². The van der Waals surface area contributed by atoms with E-state index in [-0.39, 0.29) is 34.3 Å². The highest BCUT2D eigenvalue weighted by atomic mass is 28.4. The minimum atomic E-state index is -1.98. The van der Waals surface area contributed by atoms with Crippen LogP contribution in [0.1, 0.15) is 101 Å². The van der Waals surface area contributed by atoms with Gasteiger partial charge in [0.15, 0.2) is 16.6 Å². The molecule has 0 unspecified atom stereocenters. The molecule has 0 fully saturated rings. The van der Waals surface area contributed by atoms with E-state index >= 15 is 0 Å². The van der Waals surface area contributed by atoms with Crippen LogP contribution in [0.25, 0.3) is 0 Å². The van der Waals surface area contributed by atoms with E-state index in [1.165, 1.54) is 24.8 Å². The second-order valence-corrected chi connectivity index (χ2v) is 23.1. The van der Waals surface area contributed by atoms with Crippen molar-refractivity contribution < 1.29 is 14.0 Å². The largest absolute Gasteiger partial charge is 0.414 e. The molecule has 0 saturated heterocycles. The zero-order valence-corrected chi connectivity index (χ0v) is 26.2. The Hall–Kier alpha value is 0.0538. The molecular weight excluding hydrogens is 428 g/mol. The summed E-state index contributed by atoms with van der Waals surface area (Å²) >= 11 is 0. The average Bonchev–Trinajstić information content (AvgIpc) is 2.61. The van der Waals surface area contributed by atoms with Crippen molar-refractivity contribution in [3.05, 3.63) is 11.6 Å². The second kappa shape index (κ2) is 12.1. The first-order chi connectivity index (χ1) is 14.2. The van der Waals surface area contributed by atoms with Crippen LogP contribution in [-0.2, 0) is 8.85 Å². The maximum atomic E-state index is 10.2. The van der Waals surface area contributed by atoms with Crippen molar-refractivity contribution in [1.29, 1.82) is 0 Å². The lowest BCUT2D eigenvalue weighted by atomic mass is 9.83. The predicted molar refractivity (Wildman–Crippen MR) is 148 cm³/mol. The van der Waals surface area contributed by atoms with E-state index in [9.17, 15) is 5.11 Å². The quantitative estimate of drug-likeness (QED) is 0.161. The molecular formula is C27H58O3Si2. The van der Waals surface area contributed by atoms with Gasteiger partial charge in [0.05, 0.1) is 12.7 Å². The minimum absolute atomic E-state index is 0.0856. The summed E-state index contributed by atoms with van der Waals surface area (Å²) in [6.07, 6.45) is 8.25. The minimum Gasteiger partial charge on any atom is -0.414 e. The van der Waals surface area contributed by atoms with Crippen molar-refractivity contribution in [2.75, 3.05) is 6.61 Å². The van der Waals surface area contributed by atoms with Crippen LogP contribution in [0.3, 0.4) is 0 Å². The molecule has 0 aromatic carbocycles. The van der Waals surface area contributed by atoms with E-state index < -0.39 is 16.6 Å². The molecule has 0 aromatic heterocycles. The number of unbranched alkanes of at least 4 members (excludes halogenated alkanes) is 2. The first-order valence-electron chi connectivity index (χ1n) is 12.8. The van der Waals surface area contributed by atoms with Crippen LogP contribution in [0, 0.1) is 5.41 Å². The van der Waals surface area contributed by atoms with Gasteiger partial charge in [-0.3, -0.25) is 0 Å². The third kappa shape index (κ3) is 9.73. The first kappa shape index (κ1) is 32.1. The fraction of sp³-hybridized carbons (Fsp3) is 0.926. The third-order valence-corrected chi connectivity index (χ3v) is 16.8. The van der Waals surface area contributed by atoms with Gasteiger partial charge in [-0.25, -0.2) is 0 Å². The standard InChI is InChI=1S/C27H58O3Si2/c1-15-16-17-18-23(29-31(11,12)25(3,4)5)20-19-22(2)24(27(9,10)21-28)30-32(13,14)26(6,7)8/h19,23-24,28H,15-18,20-21H2,1-14H3/b22-19+/t23-,24-/m1/s1. The predicted octanol–water partition coefficient (Wildman–Crippen LogP) is 8.70. The molecule has 192 valence electrons. The van der Waals surface area contributed by atoms with E-state index in [2.05, 4.69) is 102 Å². The smallest absolute Gasteiger partial charge is 0.192 e. The Morgan fingerprint density at radius 1 is 0.844 bits per heavy atom. The van der Waals surface area contributed by atoms with Gasteiger partial charge in [-0.05, 0) is 61.6 Å². The van der Waals surface area contributed by atoms with Gasteiger partial charge in [0.2, 0.25) is 0 Å². The Labute approximate surface area is 204 Å². The number of aliphatic hydroxyl groups excluding tert-OH is 1. The van der Waals surface area contributed by atoms with Crippen LogP contribution in [-0.4, -0.2) is 40.6 Å². The van der Waals surface area contributed by atoms with E-state index in [0.717, 1.165) is 12.8 Å². The lowest BCUT2D eigenvalue weighted by Crippen LogP contribution is -2.49.